The van der Waals surface area contributed by atoms with Gasteiger partial charge in [0.2, 0.25) is 0 Å². The van der Waals surface area contributed by atoms with E-state index in [9.17, 15) is 4.79 Å². The van der Waals surface area contributed by atoms with Crippen LogP contribution in [-0.2, 0) is 0 Å². The van der Waals surface area contributed by atoms with Crippen LogP contribution < -0.4 is 10.2 Å². The number of nitrogens with zero attached hydrogens (tertiary/aromatic N) is 2. The summed E-state index contributed by atoms with van der Waals surface area (Å²) in [5.74, 6) is 0.952. The molecule has 1 aliphatic heterocycles. The molecule has 128 valence electrons. The van der Waals surface area contributed by atoms with Crippen molar-refractivity contribution in [3.8, 4) is 0 Å². The minimum absolute atomic E-state index is 0.0166. The number of hydrogen-bond acceptors (Lipinski definition) is 5. The maximum atomic E-state index is 12.1. The Morgan fingerprint density at radius 1 is 1.17 bits per heavy atom. The minimum atomic E-state index is 0.0166. The average Bonchev–Trinajstić information content (AvgIpc) is 2.59. The van der Waals surface area contributed by atoms with Crippen LogP contribution >= 0.6 is 21.6 Å². The predicted octanol–water partition coefficient (Wildman–Crippen LogP) is 2.96. The first-order valence-corrected chi connectivity index (χ1v) is 10.9. The molecule has 1 heterocycles. The van der Waals surface area contributed by atoms with Crippen LogP contribution in [0.4, 0.5) is 5.69 Å². The van der Waals surface area contributed by atoms with Gasteiger partial charge in [0.25, 0.3) is 5.91 Å². The maximum absolute atomic E-state index is 12.1. The molecule has 0 atom stereocenters. The molecular formula is C17H27N3OS2. The lowest BCUT2D eigenvalue weighted by Crippen LogP contribution is -2.48. The molecule has 4 nitrogen and oxygen atoms in total. The van der Waals surface area contributed by atoms with Crippen molar-refractivity contribution in [1.29, 1.82) is 0 Å². The van der Waals surface area contributed by atoms with E-state index in [2.05, 4.69) is 41.1 Å². The highest BCUT2D eigenvalue weighted by Gasteiger charge is 2.19. The number of anilines is 1. The molecule has 0 aromatic heterocycles. The number of carbonyl (C=O) groups is 1. The second-order valence-corrected chi connectivity index (χ2v) is 8.59. The second-order valence-electron chi connectivity index (χ2n) is 5.91. The summed E-state index contributed by atoms with van der Waals surface area (Å²) in [6.07, 6.45) is 2.05. The van der Waals surface area contributed by atoms with Gasteiger partial charge in [-0.2, -0.15) is 0 Å². The van der Waals surface area contributed by atoms with Crippen molar-refractivity contribution < 1.29 is 4.79 Å². The number of piperazine rings is 1. The van der Waals surface area contributed by atoms with Crippen LogP contribution in [-0.4, -0.2) is 61.6 Å². The van der Waals surface area contributed by atoms with Crippen LogP contribution in [0.1, 0.15) is 24.2 Å². The topological polar surface area (TPSA) is 35.6 Å². The molecule has 1 saturated heterocycles. The summed E-state index contributed by atoms with van der Waals surface area (Å²) in [5, 5.41) is 2.96. The number of carbonyl (C=O) groups excluding carboxylic acids is 1. The van der Waals surface area contributed by atoms with E-state index in [-0.39, 0.29) is 5.91 Å². The van der Waals surface area contributed by atoms with Crippen molar-refractivity contribution in [1.82, 2.24) is 10.2 Å². The Hall–Kier alpha value is -0.850. The van der Waals surface area contributed by atoms with E-state index < -0.39 is 0 Å². The highest BCUT2D eigenvalue weighted by molar-refractivity contribution is 8.76. The first-order valence-electron chi connectivity index (χ1n) is 8.14. The quantitative estimate of drug-likeness (QED) is 0.602. The van der Waals surface area contributed by atoms with Crippen LogP contribution in [0.3, 0.4) is 0 Å². The summed E-state index contributed by atoms with van der Waals surface area (Å²) in [7, 11) is 3.48. The van der Waals surface area contributed by atoms with Gasteiger partial charge in [0.05, 0.1) is 0 Å². The lowest BCUT2D eigenvalue weighted by atomic mass is 10.1. The Labute approximate surface area is 147 Å². The normalized spacial score (nSPS) is 15.9. The van der Waals surface area contributed by atoms with Crippen molar-refractivity contribution in [3.05, 3.63) is 29.8 Å². The third-order valence-electron chi connectivity index (χ3n) is 4.13. The summed E-state index contributed by atoms with van der Waals surface area (Å²) in [5.41, 5.74) is 1.95. The van der Waals surface area contributed by atoms with Crippen molar-refractivity contribution in [2.24, 2.45) is 0 Å². The highest BCUT2D eigenvalue weighted by atomic mass is 33.1. The fourth-order valence-corrected chi connectivity index (χ4v) is 3.81. The van der Waals surface area contributed by atoms with Crippen LogP contribution in [0.25, 0.3) is 0 Å². The third kappa shape index (κ3) is 5.62. The molecule has 1 aromatic carbocycles. The lowest BCUT2D eigenvalue weighted by molar-refractivity contribution is 0.0956. The van der Waals surface area contributed by atoms with Crippen LogP contribution in [0, 0.1) is 0 Å². The van der Waals surface area contributed by atoms with Crippen LogP contribution in [0.5, 0.6) is 0 Å². The predicted molar refractivity (Wildman–Crippen MR) is 104 cm³/mol. The largest absolute Gasteiger partial charge is 0.369 e. The Kier molecular flexibility index (Phi) is 7.59. The Morgan fingerprint density at radius 3 is 2.39 bits per heavy atom. The van der Waals surface area contributed by atoms with Crippen molar-refractivity contribution >= 4 is 33.2 Å². The molecule has 1 amide bonds. The van der Waals surface area contributed by atoms with E-state index in [1.807, 2.05) is 18.4 Å². The molecule has 1 fully saturated rings. The molecule has 0 saturated carbocycles. The van der Waals surface area contributed by atoms with E-state index >= 15 is 0 Å². The van der Waals surface area contributed by atoms with Crippen LogP contribution in [0.15, 0.2) is 24.3 Å². The first-order chi connectivity index (χ1) is 11.1. The smallest absolute Gasteiger partial charge is 0.251 e. The van der Waals surface area contributed by atoms with Gasteiger partial charge in [-0.25, -0.2) is 0 Å². The Bertz CT molecular complexity index is 485. The number of amides is 1. The van der Waals surface area contributed by atoms with Gasteiger partial charge >= 0.3 is 0 Å². The van der Waals surface area contributed by atoms with Gasteiger partial charge in [-0.15, -0.1) is 0 Å². The van der Waals surface area contributed by atoms with Gasteiger partial charge in [-0.3, -0.25) is 9.69 Å². The van der Waals surface area contributed by atoms with E-state index in [4.69, 9.17) is 0 Å². The summed E-state index contributed by atoms with van der Waals surface area (Å²) in [6, 6.07) is 8.61. The molecule has 1 N–H and O–H groups in total. The summed E-state index contributed by atoms with van der Waals surface area (Å²) in [6.45, 7) is 9.52. The molecule has 0 spiro atoms. The van der Waals surface area contributed by atoms with Gasteiger partial charge in [-0.05, 0) is 44.4 Å². The highest BCUT2D eigenvalue weighted by Crippen LogP contribution is 2.18. The number of rotatable bonds is 7. The molecular weight excluding hydrogens is 326 g/mol. The minimum Gasteiger partial charge on any atom is -0.369 e. The number of hydrogen-bond donors (Lipinski definition) is 1. The average molecular weight is 354 g/mol. The standard InChI is InChI=1S/C17H27N3OS2/c1-14(2)19-9-11-20(12-10-19)16-6-4-15(5-7-16)17(21)18-8-13-23-22-3/h4-7,14H,8-13H2,1-3H3,(H,18,21). The maximum Gasteiger partial charge on any atom is 0.251 e. The molecule has 0 bridgehead atoms. The number of benzene rings is 1. The molecule has 0 unspecified atom stereocenters. The monoisotopic (exact) mass is 353 g/mol. The zero-order chi connectivity index (χ0) is 16.7. The molecule has 1 aliphatic rings. The van der Waals surface area contributed by atoms with E-state index in [0.717, 1.165) is 37.5 Å². The molecule has 0 radical (unpaired) electrons. The van der Waals surface area contributed by atoms with Gasteiger partial charge in [0, 0.05) is 55.8 Å². The number of nitrogens with one attached hydrogen (secondary N) is 1. The molecule has 23 heavy (non-hydrogen) atoms. The SMILES string of the molecule is CSSCCNC(=O)c1ccc(N2CCN(C(C)C)CC2)cc1. The van der Waals surface area contributed by atoms with E-state index in [1.165, 1.54) is 5.69 Å². The van der Waals surface area contributed by atoms with Crippen molar-refractivity contribution in [2.45, 2.75) is 19.9 Å². The van der Waals surface area contributed by atoms with Gasteiger partial charge < -0.3 is 10.2 Å². The summed E-state index contributed by atoms with van der Waals surface area (Å²) < 4.78 is 0. The van der Waals surface area contributed by atoms with Gasteiger partial charge in [-0.1, -0.05) is 21.6 Å². The first kappa shape index (κ1) is 18.5. The van der Waals surface area contributed by atoms with E-state index in [0.29, 0.717) is 12.6 Å². The van der Waals surface area contributed by atoms with Crippen molar-refractivity contribution in [2.75, 3.05) is 49.6 Å². The van der Waals surface area contributed by atoms with Gasteiger partial charge in [0.1, 0.15) is 0 Å². The summed E-state index contributed by atoms with van der Waals surface area (Å²) >= 11 is 0. The molecule has 0 aliphatic carbocycles. The fraction of sp³-hybridized carbons (Fsp3) is 0.588. The molecule has 2 rings (SSSR count). The third-order valence-corrected chi connectivity index (χ3v) is 5.94. The fourth-order valence-electron chi connectivity index (χ4n) is 2.71. The van der Waals surface area contributed by atoms with Crippen molar-refractivity contribution in [3.63, 3.8) is 0 Å². The lowest BCUT2D eigenvalue weighted by Gasteiger charge is -2.38. The molecule has 6 heteroatoms. The Morgan fingerprint density at radius 2 is 1.83 bits per heavy atom. The zero-order valence-electron chi connectivity index (χ0n) is 14.2. The van der Waals surface area contributed by atoms with Crippen LogP contribution in [0.2, 0.25) is 0 Å². The van der Waals surface area contributed by atoms with E-state index in [1.54, 1.807) is 21.6 Å². The zero-order valence-corrected chi connectivity index (χ0v) is 15.9. The molecule has 1 aromatic rings. The Balaban J connectivity index is 1.84. The second kappa shape index (κ2) is 9.45. The van der Waals surface area contributed by atoms with Gasteiger partial charge in [0.15, 0.2) is 0 Å². The summed E-state index contributed by atoms with van der Waals surface area (Å²) in [4.78, 5) is 17.0.